The lowest BCUT2D eigenvalue weighted by atomic mass is 10.0. The molecule has 0 radical (unpaired) electrons. The Morgan fingerprint density at radius 1 is 1.12 bits per heavy atom. The molecule has 33 heavy (non-hydrogen) atoms. The van der Waals surface area contributed by atoms with Crippen LogP contribution < -0.4 is 15.8 Å². The van der Waals surface area contributed by atoms with E-state index in [1.165, 1.54) is 29.5 Å². The zero-order valence-electron chi connectivity index (χ0n) is 17.8. The molecule has 0 aliphatic rings. The van der Waals surface area contributed by atoms with E-state index >= 15 is 0 Å². The summed E-state index contributed by atoms with van der Waals surface area (Å²) in [6.07, 6.45) is -1.65. The van der Waals surface area contributed by atoms with Crippen molar-refractivity contribution in [2.24, 2.45) is 12.8 Å². The number of unbranched alkanes of at least 4 members (excludes halogenated alkanes) is 2. The van der Waals surface area contributed by atoms with Gasteiger partial charge in [-0.25, -0.2) is 9.97 Å². The first-order chi connectivity index (χ1) is 15.7. The molecular formula is C22H22F3N5O2S. The monoisotopic (exact) mass is 477 g/mol. The van der Waals surface area contributed by atoms with Gasteiger partial charge >= 0.3 is 6.36 Å². The van der Waals surface area contributed by atoms with Gasteiger partial charge in [0.25, 0.3) is 0 Å². The van der Waals surface area contributed by atoms with Crippen LogP contribution in [0, 0.1) is 0 Å². The topological polar surface area (TPSA) is 95.1 Å². The summed E-state index contributed by atoms with van der Waals surface area (Å²) in [6, 6.07) is 9.40. The highest BCUT2D eigenvalue weighted by molar-refractivity contribution is 7.22. The number of nitrogens with one attached hydrogen (secondary N) is 1. The molecule has 11 heteroatoms. The van der Waals surface area contributed by atoms with Crippen molar-refractivity contribution in [2.45, 2.75) is 32.0 Å². The maximum absolute atomic E-state index is 12.5. The number of thiazole rings is 1. The number of Topliss-reactive ketones (excluding diaryl/α,β-unsaturated/α-hetero) is 1. The van der Waals surface area contributed by atoms with Crippen LogP contribution in [-0.2, 0) is 7.05 Å². The molecule has 0 fully saturated rings. The first-order valence-corrected chi connectivity index (χ1v) is 11.2. The number of alkyl halides is 3. The highest BCUT2D eigenvalue weighted by Gasteiger charge is 2.31. The van der Waals surface area contributed by atoms with E-state index < -0.39 is 6.36 Å². The van der Waals surface area contributed by atoms with Crippen LogP contribution in [0.15, 0.2) is 36.4 Å². The van der Waals surface area contributed by atoms with Gasteiger partial charge in [0, 0.05) is 25.1 Å². The third kappa shape index (κ3) is 5.42. The number of anilines is 2. The third-order valence-corrected chi connectivity index (χ3v) is 6.06. The van der Waals surface area contributed by atoms with Gasteiger partial charge in [-0.1, -0.05) is 17.8 Å². The molecule has 4 rings (SSSR count). The number of aromatic nitrogens is 3. The van der Waals surface area contributed by atoms with Crippen LogP contribution in [0.25, 0.3) is 21.3 Å². The smallest absolute Gasteiger partial charge is 0.406 e. The zero-order chi connectivity index (χ0) is 23.6. The summed E-state index contributed by atoms with van der Waals surface area (Å²) >= 11 is 1.19. The molecule has 0 saturated carbocycles. The van der Waals surface area contributed by atoms with Crippen LogP contribution in [0.4, 0.5) is 24.3 Å². The lowest BCUT2D eigenvalue weighted by molar-refractivity contribution is -0.274. The molecule has 7 nitrogen and oxygen atoms in total. The van der Waals surface area contributed by atoms with E-state index in [9.17, 15) is 18.0 Å². The second-order valence-corrected chi connectivity index (χ2v) is 8.57. The zero-order valence-corrected chi connectivity index (χ0v) is 18.6. The minimum Gasteiger partial charge on any atom is -0.406 e. The van der Waals surface area contributed by atoms with Crippen molar-refractivity contribution in [3.63, 3.8) is 0 Å². The van der Waals surface area contributed by atoms with Crippen molar-refractivity contribution in [3.8, 4) is 5.75 Å². The fourth-order valence-corrected chi connectivity index (χ4v) is 4.38. The highest BCUT2D eigenvalue weighted by atomic mass is 32.1. The van der Waals surface area contributed by atoms with E-state index in [1.807, 2.05) is 17.7 Å². The van der Waals surface area contributed by atoms with Crippen molar-refractivity contribution in [1.29, 1.82) is 0 Å². The molecule has 0 bridgehead atoms. The SMILES string of the molecule is Cn1c(Nc2nc3ccc(OC(F)(F)F)cc3s2)nc2cc(C(=O)CCCCCN)ccc21. The summed E-state index contributed by atoms with van der Waals surface area (Å²) < 4.78 is 43.7. The van der Waals surface area contributed by atoms with Crippen LogP contribution in [0.1, 0.15) is 36.0 Å². The second kappa shape index (κ2) is 9.36. The maximum atomic E-state index is 12.5. The number of nitrogens with two attached hydrogens (primary N) is 1. The van der Waals surface area contributed by atoms with Crippen LogP contribution in [0.3, 0.4) is 0 Å². The Morgan fingerprint density at radius 3 is 2.70 bits per heavy atom. The average molecular weight is 478 g/mol. The van der Waals surface area contributed by atoms with Crippen molar-refractivity contribution in [2.75, 3.05) is 11.9 Å². The van der Waals surface area contributed by atoms with E-state index in [0.29, 0.717) is 45.3 Å². The number of hydrogen-bond acceptors (Lipinski definition) is 7. The standard InChI is InChI=1S/C22H22F3N5O2S/c1-30-17-9-6-13(18(31)5-3-2-4-10-26)11-16(17)27-20(30)29-21-28-15-8-7-14(12-19(15)33-21)32-22(23,24)25/h6-9,11-12H,2-5,10,26H2,1H3,(H,27,28,29). The van der Waals surface area contributed by atoms with Gasteiger partial charge < -0.3 is 20.4 Å². The predicted octanol–water partition coefficient (Wildman–Crippen LogP) is 5.53. The van der Waals surface area contributed by atoms with Crippen molar-refractivity contribution >= 4 is 49.4 Å². The van der Waals surface area contributed by atoms with Gasteiger partial charge in [0.1, 0.15) is 5.75 Å². The summed E-state index contributed by atoms with van der Waals surface area (Å²) in [5.74, 6) is 0.272. The molecule has 0 amide bonds. The van der Waals surface area contributed by atoms with Crippen LogP contribution >= 0.6 is 11.3 Å². The van der Waals surface area contributed by atoms with Gasteiger partial charge in [-0.15, -0.1) is 13.2 Å². The summed E-state index contributed by atoms with van der Waals surface area (Å²) in [6.45, 7) is 0.626. The van der Waals surface area contributed by atoms with Gasteiger partial charge in [0.2, 0.25) is 5.95 Å². The highest BCUT2D eigenvalue weighted by Crippen LogP contribution is 2.33. The lowest BCUT2D eigenvalue weighted by Crippen LogP contribution is -2.16. The first kappa shape index (κ1) is 23.0. The number of halogens is 3. The molecule has 2 aromatic heterocycles. The van der Waals surface area contributed by atoms with E-state index in [0.717, 1.165) is 24.8 Å². The first-order valence-electron chi connectivity index (χ1n) is 10.4. The summed E-state index contributed by atoms with van der Waals surface area (Å²) in [5.41, 5.74) is 8.13. The normalized spacial score (nSPS) is 11.9. The fourth-order valence-electron chi connectivity index (χ4n) is 3.49. The molecule has 0 aliphatic carbocycles. The van der Waals surface area contributed by atoms with Crippen LogP contribution in [0.2, 0.25) is 0 Å². The Balaban J connectivity index is 1.53. The average Bonchev–Trinajstić information content (AvgIpc) is 3.29. The third-order valence-electron chi connectivity index (χ3n) is 5.12. The minimum atomic E-state index is -4.75. The van der Waals surface area contributed by atoms with Crippen molar-refractivity contribution < 1.29 is 22.7 Å². The summed E-state index contributed by atoms with van der Waals surface area (Å²) in [5, 5.41) is 3.59. The number of carbonyl (C=O) groups is 1. The Hall–Kier alpha value is -3.18. The van der Waals surface area contributed by atoms with Gasteiger partial charge in [0.05, 0.1) is 21.3 Å². The Labute approximate surface area is 191 Å². The molecule has 3 N–H and O–H groups in total. The number of carbonyl (C=O) groups excluding carboxylic acids is 1. The summed E-state index contributed by atoms with van der Waals surface area (Å²) in [7, 11) is 1.83. The van der Waals surface area contributed by atoms with Gasteiger partial charge in [0.15, 0.2) is 10.9 Å². The molecule has 0 unspecified atom stereocenters. The van der Waals surface area contributed by atoms with E-state index in [4.69, 9.17) is 5.73 Å². The van der Waals surface area contributed by atoms with E-state index in [-0.39, 0.29) is 11.5 Å². The van der Waals surface area contributed by atoms with E-state index in [1.54, 1.807) is 12.1 Å². The molecule has 4 aromatic rings. The number of imidazole rings is 1. The number of fused-ring (bicyclic) bond motifs is 2. The predicted molar refractivity (Wildman–Crippen MR) is 122 cm³/mol. The summed E-state index contributed by atoms with van der Waals surface area (Å²) in [4.78, 5) is 21.5. The number of ketones is 1. The quantitative estimate of drug-likeness (QED) is 0.243. The molecular weight excluding hydrogens is 455 g/mol. The molecule has 0 spiro atoms. The molecule has 2 aromatic carbocycles. The van der Waals surface area contributed by atoms with Crippen LogP contribution in [-0.4, -0.2) is 33.2 Å². The Kier molecular flexibility index (Phi) is 6.52. The number of benzene rings is 2. The number of aryl methyl sites for hydroxylation is 1. The number of nitrogens with zero attached hydrogens (tertiary/aromatic N) is 3. The molecule has 2 heterocycles. The fraction of sp³-hybridized carbons (Fsp3) is 0.318. The number of rotatable bonds is 9. The lowest BCUT2D eigenvalue weighted by Gasteiger charge is -2.07. The molecule has 0 saturated heterocycles. The second-order valence-electron chi connectivity index (χ2n) is 7.54. The van der Waals surface area contributed by atoms with E-state index in [2.05, 4.69) is 20.0 Å². The van der Waals surface area contributed by atoms with Gasteiger partial charge in [-0.2, -0.15) is 0 Å². The van der Waals surface area contributed by atoms with Crippen LogP contribution in [0.5, 0.6) is 5.75 Å². The largest absolute Gasteiger partial charge is 0.573 e. The number of ether oxygens (including phenoxy) is 1. The Bertz CT molecular complexity index is 1300. The Morgan fingerprint density at radius 2 is 1.94 bits per heavy atom. The van der Waals surface area contributed by atoms with Crippen molar-refractivity contribution in [3.05, 3.63) is 42.0 Å². The number of hydrogen-bond donors (Lipinski definition) is 2. The van der Waals surface area contributed by atoms with Gasteiger partial charge in [-0.3, -0.25) is 4.79 Å². The molecule has 174 valence electrons. The van der Waals surface area contributed by atoms with Gasteiger partial charge in [-0.05, 0) is 49.7 Å². The molecule has 0 atom stereocenters. The van der Waals surface area contributed by atoms with Crippen molar-refractivity contribution in [1.82, 2.24) is 14.5 Å². The maximum Gasteiger partial charge on any atom is 0.573 e. The molecule has 0 aliphatic heterocycles. The minimum absolute atomic E-state index is 0.0668.